The number of nitrogens with one attached hydrogen (secondary N) is 1. The lowest BCUT2D eigenvalue weighted by Crippen LogP contribution is -2.28. The summed E-state index contributed by atoms with van der Waals surface area (Å²) in [7, 11) is 0. The van der Waals surface area contributed by atoms with Crippen molar-refractivity contribution in [2.45, 2.75) is 19.8 Å². The molecule has 4 heteroatoms. The van der Waals surface area contributed by atoms with Crippen LogP contribution in [0.15, 0.2) is 24.3 Å². The van der Waals surface area contributed by atoms with Gasteiger partial charge < -0.3 is 10.1 Å². The average Bonchev–Trinajstić information content (AvgIpc) is 2.27. The number of benzene rings is 1. The van der Waals surface area contributed by atoms with Crippen LogP contribution < -0.4 is 10.1 Å². The maximum absolute atomic E-state index is 11.2. The first-order valence-electron chi connectivity index (χ1n) is 5.25. The third kappa shape index (κ3) is 4.11. The van der Waals surface area contributed by atoms with Gasteiger partial charge in [-0.1, -0.05) is 26.0 Å². The van der Waals surface area contributed by atoms with Gasteiger partial charge in [0.1, 0.15) is 5.75 Å². The lowest BCUT2D eigenvalue weighted by atomic mass is 10.0. The summed E-state index contributed by atoms with van der Waals surface area (Å²) in [6.07, 6.45) is -0.474. The Morgan fingerprint density at radius 1 is 1.38 bits per heavy atom. The van der Waals surface area contributed by atoms with E-state index in [4.69, 9.17) is 16.3 Å². The van der Waals surface area contributed by atoms with Crippen LogP contribution in [0.2, 0.25) is 0 Å². The molecule has 1 amide bonds. The molecule has 0 saturated heterocycles. The normalized spacial score (nSPS) is 10.2. The van der Waals surface area contributed by atoms with Gasteiger partial charge in [-0.05, 0) is 23.6 Å². The summed E-state index contributed by atoms with van der Waals surface area (Å²) in [6, 6.07) is 7.48. The van der Waals surface area contributed by atoms with Crippen molar-refractivity contribution in [1.82, 2.24) is 5.32 Å². The molecule has 0 aliphatic rings. The molecule has 0 radical (unpaired) electrons. The Morgan fingerprint density at radius 2 is 2.00 bits per heavy atom. The zero-order chi connectivity index (χ0) is 12.0. The molecule has 88 valence electrons. The number of ether oxygens (including phenoxy) is 1. The highest BCUT2D eigenvalue weighted by Gasteiger charge is 2.04. The van der Waals surface area contributed by atoms with Crippen molar-refractivity contribution >= 4 is 17.7 Å². The summed E-state index contributed by atoms with van der Waals surface area (Å²) in [4.78, 5) is 11.2. The molecule has 16 heavy (non-hydrogen) atoms. The van der Waals surface area contributed by atoms with Crippen LogP contribution in [0.3, 0.4) is 0 Å². The van der Waals surface area contributed by atoms with E-state index in [1.807, 2.05) is 12.1 Å². The Morgan fingerprint density at radius 3 is 2.50 bits per heavy atom. The highest BCUT2D eigenvalue weighted by atomic mass is 35.5. The van der Waals surface area contributed by atoms with Crippen molar-refractivity contribution in [1.29, 1.82) is 0 Å². The fourth-order valence-electron chi connectivity index (χ4n) is 1.21. The number of halogens is 1. The molecule has 1 rings (SSSR count). The number of hydrogen-bond acceptors (Lipinski definition) is 2. The Bertz CT molecular complexity index is 335. The topological polar surface area (TPSA) is 38.3 Å². The maximum atomic E-state index is 11.2. The summed E-state index contributed by atoms with van der Waals surface area (Å²) in [5, 5.41) is 2.53. The lowest BCUT2D eigenvalue weighted by Gasteiger charge is -2.07. The van der Waals surface area contributed by atoms with Crippen molar-refractivity contribution in [2.24, 2.45) is 0 Å². The number of alkyl halides is 1. The second-order valence-electron chi connectivity index (χ2n) is 3.73. The van der Waals surface area contributed by atoms with E-state index in [1.54, 1.807) is 12.1 Å². The minimum absolute atomic E-state index is 0.376. The van der Waals surface area contributed by atoms with E-state index in [1.165, 1.54) is 5.56 Å². The van der Waals surface area contributed by atoms with Crippen LogP contribution in [-0.4, -0.2) is 18.5 Å². The van der Waals surface area contributed by atoms with Crippen LogP contribution >= 0.6 is 11.6 Å². The highest BCUT2D eigenvalue weighted by Crippen LogP contribution is 2.18. The largest absolute Gasteiger partial charge is 0.412 e. The quantitative estimate of drug-likeness (QED) is 0.823. The third-order valence-corrected chi connectivity index (χ3v) is 2.31. The average molecular weight is 242 g/mol. The standard InChI is InChI=1S/C12H16ClNO2/c1-9(2)10-3-5-11(6-4-10)16-12(15)14-8-7-13/h3-6,9H,7-8H2,1-2H3,(H,14,15). The van der Waals surface area contributed by atoms with Crippen LogP contribution in [0.25, 0.3) is 0 Å². The fraction of sp³-hybridized carbons (Fsp3) is 0.417. The second kappa shape index (κ2) is 6.38. The number of amides is 1. The van der Waals surface area contributed by atoms with Gasteiger partial charge in [-0.2, -0.15) is 0 Å². The molecule has 1 N–H and O–H groups in total. The smallest absolute Gasteiger partial charge is 0.410 e. The van der Waals surface area contributed by atoms with Crippen molar-refractivity contribution in [3.8, 4) is 5.75 Å². The second-order valence-corrected chi connectivity index (χ2v) is 4.11. The van der Waals surface area contributed by atoms with E-state index >= 15 is 0 Å². The van der Waals surface area contributed by atoms with Gasteiger partial charge in [0.15, 0.2) is 0 Å². The number of hydrogen-bond donors (Lipinski definition) is 1. The zero-order valence-electron chi connectivity index (χ0n) is 9.50. The highest BCUT2D eigenvalue weighted by molar-refractivity contribution is 6.18. The van der Waals surface area contributed by atoms with E-state index in [0.29, 0.717) is 24.1 Å². The van der Waals surface area contributed by atoms with Gasteiger partial charge in [0.25, 0.3) is 0 Å². The van der Waals surface area contributed by atoms with Crippen molar-refractivity contribution in [2.75, 3.05) is 12.4 Å². The molecule has 0 spiro atoms. The van der Waals surface area contributed by atoms with Gasteiger partial charge in [0.05, 0.1) is 0 Å². The van der Waals surface area contributed by atoms with E-state index in [2.05, 4.69) is 19.2 Å². The molecular weight excluding hydrogens is 226 g/mol. The molecule has 0 bridgehead atoms. The number of rotatable bonds is 4. The molecular formula is C12H16ClNO2. The van der Waals surface area contributed by atoms with E-state index in [9.17, 15) is 4.79 Å². The Kier molecular flexibility index (Phi) is 5.12. The Balaban J connectivity index is 2.51. The predicted molar refractivity (Wildman–Crippen MR) is 65.3 cm³/mol. The number of carbonyl (C=O) groups excluding carboxylic acids is 1. The molecule has 1 aromatic carbocycles. The minimum atomic E-state index is -0.474. The molecule has 0 heterocycles. The molecule has 0 aromatic heterocycles. The first kappa shape index (κ1) is 12.8. The van der Waals surface area contributed by atoms with Gasteiger partial charge in [-0.25, -0.2) is 4.79 Å². The van der Waals surface area contributed by atoms with Gasteiger partial charge in [-0.15, -0.1) is 11.6 Å². The van der Waals surface area contributed by atoms with Crippen LogP contribution in [0.4, 0.5) is 4.79 Å². The monoisotopic (exact) mass is 241 g/mol. The Labute approximate surface area is 101 Å². The Hall–Kier alpha value is -1.22. The van der Waals surface area contributed by atoms with Crippen LogP contribution in [-0.2, 0) is 0 Å². The number of carbonyl (C=O) groups is 1. The van der Waals surface area contributed by atoms with Gasteiger partial charge in [-0.3, -0.25) is 0 Å². The molecule has 0 aliphatic carbocycles. The molecule has 1 aromatic rings. The molecule has 3 nitrogen and oxygen atoms in total. The van der Waals surface area contributed by atoms with Gasteiger partial charge in [0, 0.05) is 12.4 Å². The summed E-state index contributed by atoms with van der Waals surface area (Å²) >= 11 is 5.43. The molecule has 0 fully saturated rings. The zero-order valence-corrected chi connectivity index (χ0v) is 10.3. The predicted octanol–water partition coefficient (Wildman–Crippen LogP) is 3.14. The van der Waals surface area contributed by atoms with Crippen LogP contribution in [0, 0.1) is 0 Å². The first-order chi connectivity index (χ1) is 7.63. The van der Waals surface area contributed by atoms with Crippen molar-refractivity contribution in [3.05, 3.63) is 29.8 Å². The van der Waals surface area contributed by atoms with Gasteiger partial charge in [0.2, 0.25) is 0 Å². The summed E-state index contributed by atoms with van der Waals surface area (Å²) < 4.78 is 5.04. The van der Waals surface area contributed by atoms with Crippen LogP contribution in [0.5, 0.6) is 5.75 Å². The summed E-state index contributed by atoms with van der Waals surface area (Å²) in [6.45, 7) is 4.64. The van der Waals surface area contributed by atoms with E-state index < -0.39 is 6.09 Å². The van der Waals surface area contributed by atoms with Crippen LogP contribution in [0.1, 0.15) is 25.3 Å². The van der Waals surface area contributed by atoms with Crippen molar-refractivity contribution < 1.29 is 9.53 Å². The molecule has 0 aliphatic heterocycles. The lowest BCUT2D eigenvalue weighted by molar-refractivity contribution is 0.201. The molecule has 0 saturated carbocycles. The fourth-order valence-corrected chi connectivity index (χ4v) is 1.31. The van der Waals surface area contributed by atoms with E-state index in [-0.39, 0.29) is 0 Å². The molecule has 0 unspecified atom stereocenters. The summed E-state index contributed by atoms with van der Waals surface area (Å²) in [5.41, 5.74) is 1.22. The minimum Gasteiger partial charge on any atom is -0.410 e. The molecule has 0 atom stereocenters. The van der Waals surface area contributed by atoms with Crippen molar-refractivity contribution in [3.63, 3.8) is 0 Å². The maximum Gasteiger partial charge on any atom is 0.412 e. The SMILES string of the molecule is CC(C)c1ccc(OC(=O)NCCCl)cc1. The first-order valence-corrected chi connectivity index (χ1v) is 5.78. The summed E-state index contributed by atoms with van der Waals surface area (Å²) in [5.74, 6) is 1.39. The van der Waals surface area contributed by atoms with Gasteiger partial charge >= 0.3 is 6.09 Å². The third-order valence-electron chi connectivity index (χ3n) is 2.12. The van der Waals surface area contributed by atoms with E-state index in [0.717, 1.165) is 0 Å².